The van der Waals surface area contributed by atoms with Crippen molar-refractivity contribution in [3.05, 3.63) is 32.6 Å². The molecule has 0 radical (unpaired) electrons. The van der Waals surface area contributed by atoms with E-state index in [0.717, 1.165) is 4.70 Å². The van der Waals surface area contributed by atoms with Gasteiger partial charge in [0.05, 0.1) is 4.92 Å². The van der Waals surface area contributed by atoms with Crippen LogP contribution in [0.1, 0.15) is 0 Å². The predicted octanol–water partition coefficient (Wildman–Crippen LogP) is 3.05. The quantitative estimate of drug-likeness (QED) is 0.463. The second kappa shape index (κ2) is 3.11. The highest BCUT2D eigenvalue weighted by molar-refractivity contribution is 7.17. The number of nitrogen functional groups attached to an aromatic ring is 1. The second-order valence-corrected chi connectivity index (χ2v) is 4.07. The number of nitrogens with two attached hydrogens (primary N) is 1. The number of nitrogens with zero attached hydrogens (tertiary/aromatic N) is 1. The van der Waals surface area contributed by atoms with E-state index in [0.29, 0.717) is 5.39 Å². The third kappa shape index (κ3) is 1.21. The molecule has 2 N–H and O–H groups in total. The summed E-state index contributed by atoms with van der Waals surface area (Å²) in [6.07, 6.45) is 0. The Morgan fingerprint density at radius 3 is 2.93 bits per heavy atom. The number of hydrogen-bond acceptors (Lipinski definition) is 4. The fourth-order valence-corrected chi connectivity index (χ4v) is 2.47. The van der Waals surface area contributed by atoms with Crippen LogP contribution in [-0.4, -0.2) is 4.92 Å². The number of thiophene rings is 1. The molecule has 2 rings (SSSR count). The molecule has 0 atom stereocenters. The van der Waals surface area contributed by atoms with Crippen LogP contribution in [0.2, 0.25) is 5.02 Å². The number of hydrogen-bond donors (Lipinski definition) is 1. The Kier molecular flexibility index (Phi) is 2.05. The maximum Gasteiger partial charge on any atom is 0.311 e. The number of rotatable bonds is 1. The molecule has 0 aliphatic carbocycles. The topological polar surface area (TPSA) is 69.2 Å². The van der Waals surface area contributed by atoms with Crippen LogP contribution < -0.4 is 5.73 Å². The maximum absolute atomic E-state index is 10.7. The highest BCUT2D eigenvalue weighted by Gasteiger charge is 2.20. The molecule has 4 nitrogen and oxygen atoms in total. The molecule has 1 heterocycles. The summed E-state index contributed by atoms with van der Waals surface area (Å²) in [6, 6.07) is 3.31. The Morgan fingerprint density at radius 2 is 2.29 bits per heavy atom. The predicted molar refractivity (Wildman–Crippen MR) is 57.9 cm³/mol. The Morgan fingerprint density at radius 1 is 1.57 bits per heavy atom. The van der Waals surface area contributed by atoms with Crippen molar-refractivity contribution in [2.24, 2.45) is 0 Å². The van der Waals surface area contributed by atoms with Gasteiger partial charge in [0.15, 0.2) is 0 Å². The van der Waals surface area contributed by atoms with Crippen molar-refractivity contribution in [1.82, 2.24) is 0 Å². The molecule has 1 aromatic carbocycles. The smallest absolute Gasteiger partial charge is 0.311 e. The summed E-state index contributed by atoms with van der Waals surface area (Å²) in [4.78, 5) is 10.1. The van der Waals surface area contributed by atoms with Gasteiger partial charge >= 0.3 is 5.69 Å². The van der Waals surface area contributed by atoms with Crippen LogP contribution in [-0.2, 0) is 0 Å². The third-order valence-electron chi connectivity index (χ3n) is 1.91. The Balaban J connectivity index is 2.89. The fraction of sp³-hybridized carbons (Fsp3) is 0. The van der Waals surface area contributed by atoms with Crippen LogP contribution in [0.5, 0.6) is 0 Å². The van der Waals surface area contributed by atoms with Crippen LogP contribution in [0.3, 0.4) is 0 Å². The maximum atomic E-state index is 10.7. The van der Waals surface area contributed by atoms with Gasteiger partial charge < -0.3 is 5.73 Å². The minimum Gasteiger partial charge on any atom is -0.393 e. The average Bonchev–Trinajstić information content (AvgIpc) is 2.50. The van der Waals surface area contributed by atoms with Gasteiger partial charge in [0.25, 0.3) is 0 Å². The molecule has 6 heteroatoms. The van der Waals surface area contributed by atoms with Crippen molar-refractivity contribution in [1.29, 1.82) is 0 Å². The Labute approximate surface area is 88.0 Å². The van der Waals surface area contributed by atoms with E-state index in [-0.39, 0.29) is 16.4 Å². The van der Waals surface area contributed by atoms with Crippen molar-refractivity contribution in [2.75, 3.05) is 5.73 Å². The number of nitro benzene ring substituents is 1. The number of fused-ring (bicyclic) bond motifs is 1. The monoisotopic (exact) mass is 228 g/mol. The van der Waals surface area contributed by atoms with E-state index in [1.807, 2.05) is 5.38 Å². The summed E-state index contributed by atoms with van der Waals surface area (Å²) in [5, 5.41) is 13.2. The molecule has 0 fully saturated rings. The van der Waals surface area contributed by atoms with E-state index < -0.39 is 4.92 Å². The van der Waals surface area contributed by atoms with E-state index >= 15 is 0 Å². The van der Waals surface area contributed by atoms with E-state index in [4.69, 9.17) is 17.3 Å². The van der Waals surface area contributed by atoms with Crippen molar-refractivity contribution >= 4 is 44.4 Å². The van der Waals surface area contributed by atoms with Crippen LogP contribution >= 0.6 is 22.9 Å². The van der Waals surface area contributed by atoms with Gasteiger partial charge in [-0.05, 0) is 17.5 Å². The van der Waals surface area contributed by atoms with Gasteiger partial charge in [0.2, 0.25) is 0 Å². The van der Waals surface area contributed by atoms with Crippen molar-refractivity contribution in [3.8, 4) is 0 Å². The van der Waals surface area contributed by atoms with Gasteiger partial charge in [-0.1, -0.05) is 11.6 Å². The molecule has 14 heavy (non-hydrogen) atoms. The molecule has 2 aromatic rings. The largest absolute Gasteiger partial charge is 0.393 e. The molecule has 0 amide bonds. The summed E-state index contributed by atoms with van der Waals surface area (Å²) >= 11 is 7.19. The van der Waals surface area contributed by atoms with Gasteiger partial charge in [-0.25, -0.2) is 0 Å². The van der Waals surface area contributed by atoms with E-state index in [1.54, 1.807) is 12.1 Å². The lowest BCUT2D eigenvalue weighted by Gasteiger charge is -2.00. The summed E-state index contributed by atoms with van der Waals surface area (Å²) in [6.45, 7) is 0. The van der Waals surface area contributed by atoms with Crippen LogP contribution in [0.25, 0.3) is 10.1 Å². The lowest BCUT2D eigenvalue weighted by atomic mass is 10.2. The SMILES string of the molecule is Nc1c([N+](=O)[O-])c(Cl)cc2sccc12. The zero-order valence-corrected chi connectivity index (χ0v) is 8.43. The summed E-state index contributed by atoms with van der Waals surface area (Å²) in [5.41, 5.74) is 5.57. The van der Waals surface area contributed by atoms with Gasteiger partial charge in [-0.3, -0.25) is 10.1 Å². The van der Waals surface area contributed by atoms with E-state index in [1.165, 1.54) is 11.3 Å². The number of anilines is 1. The fourth-order valence-electron chi connectivity index (χ4n) is 1.28. The first-order valence-corrected chi connectivity index (χ1v) is 4.96. The molecule has 0 aliphatic rings. The van der Waals surface area contributed by atoms with Crippen LogP contribution in [0.15, 0.2) is 17.5 Å². The molecular weight excluding hydrogens is 224 g/mol. The van der Waals surface area contributed by atoms with Crippen LogP contribution in [0.4, 0.5) is 11.4 Å². The number of halogens is 1. The average molecular weight is 229 g/mol. The van der Waals surface area contributed by atoms with Gasteiger partial charge in [0.1, 0.15) is 10.7 Å². The summed E-state index contributed by atoms with van der Waals surface area (Å²) in [7, 11) is 0. The number of nitro groups is 1. The first-order chi connectivity index (χ1) is 6.61. The standard InChI is InChI=1S/C8H5ClN2O2S/c9-5-3-6-4(1-2-14-6)7(10)8(5)11(12)13/h1-3H,10H2. The molecule has 0 saturated carbocycles. The summed E-state index contributed by atoms with van der Waals surface area (Å²) < 4.78 is 0.859. The molecule has 0 unspecified atom stereocenters. The highest BCUT2D eigenvalue weighted by atomic mass is 35.5. The first kappa shape index (κ1) is 9.23. The second-order valence-electron chi connectivity index (χ2n) is 2.71. The molecule has 0 spiro atoms. The van der Waals surface area contributed by atoms with Crippen molar-refractivity contribution < 1.29 is 4.92 Å². The summed E-state index contributed by atoms with van der Waals surface area (Å²) in [5.74, 6) is 0. The van der Waals surface area contributed by atoms with E-state index in [9.17, 15) is 10.1 Å². The molecular formula is C8H5ClN2O2S. The Bertz CT molecular complexity index is 523. The zero-order valence-electron chi connectivity index (χ0n) is 6.86. The van der Waals surface area contributed by atoms with Crippen molar-refractivity contribution in [2.45, 2.75) is 0 Å². The zero-order chi connectivity index (χ0) is 10.3. The molecule has 0 bridgehead atoms. The lowest BCUT2D eigenvalue weighted by Crippen LogP contribution is -1.96. The van der Waals surface area contributed by atoms with E-state index in [2.05, 4.69) is 0 Å². The first-order valence-electron chi connectivity index (χ1n) is 3.71. The minimum atomic E-state index is -0.561. The molecule has 0 saturated heterocycles. The Hall–Kier alpha value is -1.33. The third-order valence-corrected chi connectivity index (χ3v) is 3.06. The van der Waals surface area contributed by atoms with Gasteiger partial charge in [-0.15, -0.1) is 11.3 Å². The minimum absolute atomic E-state index is 0.0856. The number of benzene rings is 1. The molecule has 72 valence electrons. The van der Waals surface area contributed by atoms with Crippen molar-refractivity contribution in [3.63, 3.8) is 0 Å². The molecule has 1 aromatic heterocycles. The van der Waals surface area contributed by atoms with Gasteiger partial charge in [0, 0.05) is 10.1 Å². The van der Waals surface area contributed by atoms with Crippen LogP contribution in [0, 0.1) is 10.1 Å². The molecule has 0 aliphatic heterocycles. The lowest BCUT2D eigenvalue weighted by molar-refractivity contribution is -0.383. The highest BCUT2D eigenvalue weighted by Crippen LogP contribution is 2.39. The normalized spacial score (nSPS) is 10.6. The van der Waals surface area contributed by atoms with Gasteiger partial charge in [-0.2, -0.15) is 0 Å².